The topological polar surface area (TPSA) is 65.2 Å². The van der Waals surface area contributed by atoms with E-state index in [1.165, 1.54) is 0 Å². The Labute approximate surface area is 83.1 Å². The molecule has 0 spiro atoms. The monoisotopic (exact) mass is 194 g/mol. The molecule has 2 N–H and O–H groups in total. The largest absolute Gasteiger partial charge is 0.466 e. The molecular formula is C10H14N2O2. The second-order valence-corrected chi connectivity index (χ2v) is 2.95. The van der Waals surface area contributed by atoms with Crippen LogP contribution in [0.15, 0.2) is 12.3 Å². The molecule has 0 radical (unpaired) electrons. The van der Waals surface area contributed by atoms with Crippen molar-refractivity contribution in [3.05, 3.63) is 23.5 Å². The molecule has 0 unspecified atom stereocenters. The Morgan fingerprint density at radius 1 is 1.64 bits per heavy atom. The number of esters is 1. The van der Waals surface area contributed by atoms with Crippen LogP contribution < -0.4 is 5.73 Å². The van der Waals surface area contributed by atoms with Crippen LogP contribution in [-0.2, 0) is 16.0 Å². The molecule has 4 heteroatoms. The van der Waals surface area contributed by atoms with Gasteiger partial charge in [-0.05, 0) is 19.9 Å². The average Bonchev–Trinajstić information content (AvgIpc) is 2.12. The number of carbonyl (C=O) groups is 1. The molecule has 0 amide bonds. The van der Waals surface area contributed by atoms with Crippen molar-refractivity contribution in [2.24, 2.45) is 0 Å². The molecule has 0 saturated carbocycles. The summed E-state index contributed by atoms with van der Waals surface area (Å²) in [7, 11) is 0. The standard InChI is InChI=1S/C10H14N2O2/c1-3-14-10(13)6-8-7(2)12-5-4-9(8)11/h4-5H,3,6H2,1-2H3,(H2,11,12). The fourth-order valence-corrected chi connectivity index (χ4v) is 1.20. The molecule has 1 rings (SSSR count). The minimum atomic E-state index is -0.268. The summed E-state index contributed by atoms with van der Waals surface area (Å²) in [6.45, 7) is 3.99. The van der Waals surface area contributed by atoms with Gasteiger partial charge in [0, 0.05) is 23.1 Å². The van der Waals surface area contributed by atoms with E-state index >= 15 is 0 Å². The first kappa shape index (κ1) is 10.5. The fourth-order valence-electron chi connectivity index (χ4n) is 1.20. The van der Waals surface area contributed by atoms with Crippen LogP contribution in [0.25, 0.3) is 0 Å². The van der Waals surface area contributed by atoms with Crippen LogP contribution in [0, 0.1) is 6.92 Å². The number of nitrogen functional groups attached to an aromatic ring is 1. The highest BCUT2D eigenvalue weighted by Crippen LogP contribution is 2.14. The number of ether oxygens (including phenoxy) is 1. The van der Waals surface area contributed by atoms with E-state index in [1.54, 1.807) is 19.2 Å². The van der Waals surface area contributed by atoms with Gasteiger partial charge in [-0.1, -0.05) is 0 Å². The van der Waals surface area contributed by atoms with Gasteiger partial charge in [-0.3, -0.25) is 9.78 Å². The molecule has 0 aliphatic rings. The Morgan fingerprint density at radius 2 is 2.36 bits per heavy atom. The van der Waals surface area contributed by atoms with Gasteiger partial charge in [-0.15, -0.1) is 0 Å². The average molecular weight is 194 g/mol. The Morgan fingerprint density at radius 3 is 2.93 bits per heavy atom. The van der Waals surface area contributed by atoms with Crippen molar-refractivity contribution in [1.82, 2.24) is 4.98 Å². The summed E-state index contributed by atoms with van der Waals surface area (Å²) in [6.07, 6.45) is 1.82. The predicted octanol–water partition coefficient (Wildman–Crippen LogP) is 1.08. The van der Waals surface area contributed by atoms with E-state index in [4.69, 9.17) is 10.5 Å². The van der Waals surface area contributed by atoms with E-state index in [0.29, 0.717) is 12.3 Å². The van der Waals surface area contributed by atoms with Crippen LogP contribution in [0.2, 0.25) is 0 Å². The molecule has 0 aliphatic carbocycles. The van der Waals surface area contributed by atoms with Gasteiger partial charge in [0.15, 0.2) is 0 Å². The van der Waals surface area contributed by atoms with Gasteiger partial charge in [-0.2, -0.15) is 0 Å². The number of rotatable bonds is 3. The van der Waals surface area contributed by atoms with Crippen LogP contribution in [0.1, 0.15) is 18.2 Å². The third-order valence-corrected chi connectivity index (χ3v) is 1.93. The van der Waals surface area contributed by atoms with Crippen molar-refractivity contribution in [2.75, 3.05) is 12.3 Å². The van der Waals surface area contributed by atoms with Gasteiger partial charge in [-0.25, -0.2) is 0 Å². The van der Waals surface area contributed by atoms with Crippen molar-refractivity contribution in [1.29, 1.82) is 0 Å². The normalized spacial score (nSPS) is 9.86. The van der Waals surface area contributed by atoms with Crippen molar-refractivity contribution in [3.63, 3.8) is 0 Å². The first-order valence-corrected chi connectivity index (χ1v) is 4.50. The Kier molecular flexibility index (Phi) is 3.45. The molecule has 0 saturated heterocycles. The zero-order valence-electron chi connectivity index (χ0n) is 8.41. The number of hydrogen-bond donors (Lipinski definition) is 1. The molecular weight excluding hydrogens is 180 g/mol. The molecule has 0 bridgehead atoms. The lowest BCUT2D eigenvalue weighted by Crippen LogP contribution is -2.11. The summed E-state index contributed by atoms with van der Waals surface area (Å²) in [5, 5.41) is 0. The van der Waals surface area contributed by atoms with E-state index in [2.05, 4.69) is 4.98 Å². The number of nitrogens with two attached hydrogens (primary N) is 1. The Hall–Kier alpha value is -1.58. The lowest BCUT2D eigenvalue weighted by Gasteiger charge is -2.07. The van der Waals surface area contributed by atoms with E-state index in [1.807, 2.05) is 6.92 Å². The molecule has 0 atom stereocenters. The Bertz CT molecular complexity index is 317. The number of carbonyl (C=O) groups excluding carboxylic acids is 1. The zero-order valence-corrected chi connectivity index (χ0v) is 8.41. The molecule has 0 aliphatic heterocycles. The molecule has 1 aromatic rings. The smallest absolute Gasteiger partial charge is 0.310 e. The van der Waals surface area contributed by atoms with E-state index in [-0.39, 0.29) is 12.4 Å². The van der Waals surface area contributed by atoms with Crippen molar-refractivity contribution >= 4 is 11.7 Å². The lowest BCUT2D eigenvalue weighted by molar-refractivity contribution is -0.142. The van der Waals surface area contributed by atoms with Crippen molar-refractivity contribution in [2.45, 2.75) is 20.3 Å². The number of hydrogen-bond acceptors (Lipinski definition) is 4. The molecule has 0 fully saturated rings. The SMILES string of the molecule is CCOC(=O)Cc1c(N)ccnc1C. The lowest BCUT2D eigenvalue weighted by atomic mass is 10.1. The summed E-state index contributed by atoms with van der Waals surface area (Å²) in [5.74, 6) is -0.268. The quantitative estimate of drug-likeness (QED) is 0.731. The van der Waals surface area contributed by atoms with Crippen LogP contribution in [0.5, 0.6) is 0 Å². The van der Waals surface area contributed by atoms with E-state index < -0.39 is 0 Å². The van der Waals surface area contributed by atoms with Crippen molar-refractivity contribution in [3.8, 4) is 0 Å². The first-order chi connectivity index (χ1) is 6.65. The maximum absolute atomic E-state index is 11.2. The van der Waals surface area contributed by atoms with Crippen molar-refractivity contribution < 1.29 is 9.53 Å². The molecule has 4 nitrogen and oxygen atoms in total. The van der Waals surface area contributed by atoms with Crippen LogP contribution in [-0.4, -0.2) is 17.6 Å². The zero-order chi connectivity index (χ0) is 10.6. The van der Waals surface area contributed by atoms with Gasteiger partial charge in [0.25, 0.3) is 0 Å². The minimum absolute atomic E-state index is 0.194. The molecule has 76 valence electrons. The summed E-state index contributed by atoms with van der Waals surface area (Å²) in [5.41, 5.74) is 7.84. The third-order valence-electron chi connectivity index (χ3n) is 1.93. The van der Waals surface area contributed by atoms with E-state index in [9.17, 15) is 4.79 Å². The third kappa shape index (κ3) is 2.45. The number of anilines is 1. The summed E-state index contributed by atoms with van der Waals surface area (Å²) >= 11 is 0. The maximum atomic E-state index is 11.2. The fraction of sp³-hybridized carbons (Fsp3) is 0.400. The number of pyridine rings is 1. The summed E-state index contributed by atoms with van der Waals surface area (Å²) in [4.78, 5) is 15.3. The highest BCUT2D eigenvalue weighted by atomic mass is 16.5. The minimum Gasteiger partial charge on any atom is -0.466 e. The maximum Gasteiger partial charge on any atom is 0.310 e. The molecule has 0 aromatic carbocycles. The van der Waals surface area contributed by atoms with Gasteiger partial charge in [0.1, 0.15) is 0 Å². The molecule has 1 heterocycles. The predicted molar refractivity (Wildman–Crippen MR) is 53.7 cm³/mol. The van der Waals surface area contributed by atoms with Gasteiger partial charge in [0.2, 0.25) is 0 Å². The van der Waals surface area contributed by atoms with Crippen LogP contribution in [0.3, 0.4) is 0 Å². The number of aryl methyl sites for hydroxylation is 1. The van der Waals surface area contributed by atoms with Gasteiger partial charge in [0.05, 0.1) is 13.0 Å². The molecule has 1 aromatic heterocycles. The van der Waals surface area contributed by atoms with Gasteiger partial charge >= 0.3 is 5.97 Å². The van der Waals surface area contributed by atoms with Gasteiger partial charge < -0.3 is 10.5 Å². The second kappa shape index (κ2) is 4.60. The highest BCUT2D eigenvalue weighted by molar-refractivity contribution is 5.75. The number of aromatic nitrogens is 1. The first-order valence-electron chi connectivity index (χ1n) is 4.50. The Balaban J connectivity index is 2.80. The van der Waals surface area contributed by atoms with E-state index in [0.717, 1.165) is 11.3 Å². The van der Waals surface area contributed by atoms with Crippen LogP contribution in [0.4, 0.5) is 5.69 Å². The second-order valence-electron chi connectivity index (χ2n) is 2.95. The highest BCUT2D eigenvalue weighted by Gasteiger charge is 2.09. The summed E-state index contributed by atoms with van der Waals surface area (Å²) in [6, 6.07) is 1.68. The number of nitrogens with zero attached hydrogens (tertiary/aromatic N) is 1. The molecule has 14 heavy (non-hydrogen) atoms. The van der Waals surface area contributed by atoms with Crippen LogP contribution >= 0.6 is 0 Å². The summed E-state index contributed by atoms with van der Waals surface area (Å²) < 4.78 is 4.83.